The van der Waals surface area contributed by atoms with Gasteiger partial charge in [0.05, 0.1) is 37.2 Å². The molecule has 1 fully saturated rings. The van der Waals surface area contributed by atoms with E-state index >= 15 is 0 Å². The number of morpholine rings is 1. The van der Waals surface area contributed by atoms with Gasteiger partial charge < -0.3 is 14.4 Å². The second-order valence-electron chi connectivity index (χ2n) is 8.26. The number of halogens is 3. The van der Waals surface area contributed by atoms with E-state index in [1.807, 2.05) is 25.7 Å². The molecule has 4 rings (SSSR count). The van der Waals surface area contributed by atoms with E-state index in [0.29, 0.717) is 31.5 Å². The highest BCUT2D eigenvalue weighted by atomic mass is 19.4. The van der Waals surface area contributed by atoms with Crippen LogP contribution < -0.4 is 20.1 Å². The van der Waals surface area contributed by atoms with Gasteiger partial charge in [-0.05, 0) is 33.3 Å². The fraction of sp³-hybridized carbons (Fsp3) is 0.571. The van der Waals surface area contributed by atoms with E-state index in [4.69, 9.17) is 9.47 Å². The number of anilines is 3. The molecule has 0 saturated carbocycles. The zero-order valence-electron chi connectivity index (χ0n) is 18.2. The average Bonchev–Trinajstić information content (AvgIpc) is 2.73. The van der Waals surface area contributed by atoms with Crippen LogP contribution in [-0.2, 0) is 11.3 Å². The first-order valence-corrected chi connectivity index (χ1v) is 10.6. The van der Waals surface area contributed by atoms with Crippen molar-refractivity contribution in [3.05, 3.63) is 34.7 Å². The molecule has 4 heterocycles. The molecule has 0 aromatic carbocycles. The van der Waals surface area contributed by atoms with Crippen molar-refractivity contribution in [1.29, 1.82) is 0 Å². The predicted octanol–water partition coefficient (Wildman–Crippen LogP) is 3.12. The highest BCUT2D eigenvalue weighted by Gasteiger charge is 2.47. The molecule has 0 bridgehead atoms. The Bertz CT molecular complexity index is 1010. The molecular weight excluding hydrogens is 427 g/mol. The SMILES string of the molecule is CC(C)Oc1ccc(N2c3nc(N4CCOC[C@H]4C)cc(=O)n3CC[C@H]2C(F)(F)F)cn1. The lowest BCUT2D eigenvalue weighted by Gasteiger charge is -2.40. The Labute approximate surface area is 183 Å². The fourth-order valence-electron chi connectivity index (χ4n) is 4.04. The molecule has 8 nitrogen and oxygen atoms in total. The molecule has 0 radical (unpaired) electrons. The maximum absolute atomic E-state index is 14.0. The van der Waals surface area contributed by atoms with Gasteiger partial charge in [0.25, 0.3) is 5.56 Å². The van der Waals surface area contributed by atoms with Gasteiger partial charge in [0.15, 0.2) is 0 Å². The van der Waals surface area contributed by atoms with Crippen LogP contribution in [0.25, 0.3) is 0 Å². The van der Waals surface area contributed by atoms with Crippen molar-refractivity contribution in [3.63, 3.8) is 0 Å². The van der Waals surface area contributed by atoms with Crippen LogP contribution in [0.1, 0.15) is 27.2 Å². The summed E-state index contributed by atoms with van der Waals surface area (Å²) in [6.07, 6.45) is -3.58. The molecule has 32 heavy (non-hydrogen) atoms. The number of ether oxygens (including phenoxy) is 2. The van der Waals surface area contributed by atoms with Crippen LogP contribution in [0.15, 0.2) is 29.2 Å². The van der Waals surface area contributed by atoms with Gasteiger partial charge in [-0.2, -0.15) is 18.2 Å². The van der Waals surface area contributed by atoms with Crippen LogP contribution in [0.4, 0.5) is 30.6 Å². The lowest BCUT2D eigenvalue weighted by molar-refractivity contribution is -0.150. The first-order valence-electron chi connectivity index (χ1n) is 10.6. The van der Waals surface area contributed by atoms with Gasteiger partial charge in [-0.15, -0.1) is 0 Å². The average molecular weight is 453 g/mol. The number of pyridine rings is 1. The summed E-state index contributed by atoms with van der Waals surface area (Å²) in [5.74, 6) is 0.613. The molecule has 0 N–H and O–H groups in total. The van der Waals surface area contributed by atoms with Crippen molar-refractivity contribution in [2.75, 3.05) is 29.6 Å². The molecule has 0 amide bonds. The molecule has 2 aliphatic rings. The van der Waals surface area contributed by atoms with Gasteiger partial charge in [0.2, 0.25) is 11.8 Å². The standard InChI is InChI=1S/C21H26F3N5O3/c1-13(2)32-18-5-4-15(11-25-18)29-16(21(22,23)24)6-7-28-19(30)10-17(26-20(28)29)27-8-9-31-12-14(27)3/h4-5,10-11,13-14,16H,6-9,12H2,1-3H3/t14-,16+/m1/s1. The van der Waals surface area contributed by atoms with Crippen molar-refractivity contribution < 1.29 is 22.6 Å². The van der Waals surface area contributed by atoms with Crippen LogP contribution >= 0.6 is 0 Å². The zero-order valence-corrected chi connectivity index (χ0v) is 18.2. The topological polar surface area (TPSA) is 72.7 Å². The molecule has 0 spiro atoms. The molecular formula is C21H26F3N5O3. The third-order valence-corrected chi connectivity index (χ3v) is 5.52. The van der Waals surface area contributed by atoms with E-state index in [1.54, 1.807) is 0 Å². The normalized spacial score (nSPS) is 21.6. The summed E-state index contributed by atoms with van der Waals surface area (Å²) in [4.78, 5) is 24.5. The number of alkyl halides is 3. The summed E-state index contributed by atoms with van der Waals surface area (Å²) in [6.45, 7) is 6.94. The maximum atomic E-state index is 14.0. The third-order valence-electron chi connectivity index (χ3n) is 5.52. The van der Waals surface area contributed by atoms with Crippen LogP contribution in [0.2, 0.25) is 0 Å². The van der Waals surface area contributed by atoms with Crippen LogP contribution in [0.3, 0.4) is 0 Å². The van der Waals surface area contributed by atoms with Crippen LogP contribution in [0, 0.1) is 0 Å². The Hall–Kier alpha value is -2.82. The summed E-state index contributed by atoms with van der Waals surface area (Å²) in [5, 5.41) is 0. The van der Waals surface area contributed by atoms with E-state index < -0.39 is 12.2 Å². The Morgan fingerprint density at radius 3 is 2.66 bits per heavy atom. The first-order chi connectivity index (χ1) is 15.1. The minimum atomic E-state index is -4.52. The van der Waals surface area contributed by atoms with Crippen molar-refractivity contribution >= 4 is 17.5 Å². The Balaban J connectivity index is 1.80. The molecule has 2 atom stereocenters. The summed E-state index contributed by atoms with van der Waals surface area (Å²) in [7, 11) is 0. The van der Waals surface area contributed by atoms with Crippen molar-refractivity contribution in [1.82, 2.24) is 14.5 Å². The third kappa shape index (κ3) is 4.38. The highest BCUT2D eigenvalue weighted by Crippen LogP contribution is 2.39. The van der Waals surface area contributed by atoms with E-state index in [1.165, 1.54) is 29.0 Å². The van der Waals surface area contributed by atoms with E-state index in [2.05, 4.69) is 9.97 Å². The smallest absolute Gasteiger partial charge is 0.409 e. The number of rotatable bonds is 4. The summed E-state index contributed by atoms with van der Waals surface area (Å²) < 4.78 is 54.3. The van der Waals surface area contributed by atoms with E-state index in [0.717, 1.165) is 4.90 Å². The molecule has 11 heteroatoms. The van der Waals surface area contributed by atoms with E-state index in [9.17, 15) is 18.0 Å². The second-order valence-corrected chi connectivity index (χ2v) is 8.26. The Morgan fingerprint density at radius 2 is 2.03 bits per heavy atom. The minimum absolute atomic E-state index is 0.0425. The van der Waals surface area contributed by atoms with Gasteiger partial charge in [-0.25, -0.2) is 4.98 Å². The lowest BCUT2D eigenvalue weighted by atomic mass is 10.1. The Morgan fingerprint density at radius 1 is 1.25 bits per heavy atom. The number of aromatic nitrogens is 3. The number of fused-ring (bicyclic) bond motifs is 1. The number of nitrogens with zero attached hydrogens (tertiary/aromatic N) is 5. The lowest BCUT2D eigenvalue weighted by Crippen LogP contribution is -2.51. The van der Waals surface area contributed by atoms with Gasteiger partial charge >= 0.3 is 6.18 Å². The van der Waals surface area contributed by atoms with Crippen molar-refractivity contribution in [2.24, 2.45) is 0 Å². The summed E-state index contributed by atoms with van der Waals surface area (Å²) in [6, 6.07) is 2.53. The molecule has 2 aliphatic heterocycles. The number of hydrogen-bond acceptors (Lipinski definition) is 7. The second kappa shape index (κ2) is 8.61. The molecule has 0 aliphatic carbocycles. The molecule has 2 aromatic heterocycles. The predicted molar refractivity (Wildman–Crippen MR) is 113 cm³/mol. The van der Waals surface area contributed by atoms with Gasteiger partial charge in [0.1, 0.15) is 11.9 Å². The summed E-state index contributed by atoms with van der Waals surface area (Å²) >= 11 is 0. The van der Waals surface area contributed by atoms with Gasteiger partial charge in [-0.3, -0.25) is 14.3 Å². The molecule has 2 aromatic rings. The summed E-state index contributed by atoms with van der Waals surface area (Å²) in [5.41, 5.74) is -0.196. The van der Waals surface area contributed by atoms with Crippen LogP contribution in [0.5, 0.6) is 5.88 Å². The molecule has 0 unspecified atom stereocenters. The monoisotopic (exact) mass is 453 g/mol. The zero-order chi connectivity index (χ0) is 23.0. The van der Waals surface area contributed by atoms with Crippen molar-refractivity contribution in [3.8, 4) is 5.88 Å². The van der Waals surface area contributed by atoms with E-state index in [-0.39, 0.29) is 42.3 Å². The number of hydrogen-bond donors (Lipinski definition) is 0. The van der Waals surface area contributed by atoms with Gasteiger partial charge in [0, 0.05) is 25.2 Å². The minimum Gasteiger partial charge on any atom is -0.475 e. The fourth-order valence-corrected chi connectivity index (χ4v) is 4.04. The molecule has 174 valence electrons. The van der Waals surface area contributed by atoms with Gasteiger partial charge in [-0.1, -0.05) is 0 Å². The maximum Gasteiger partial charge on any atom is 0.409 e. The largest absolute Gasteiger partial charge is 0.475 e. The first kappa shape index (κ1) is 22.4. The Kier molecular flexibility index (Phi) is 6.02. The highest BCUT2D eigenvalue weighted by molar-refractivity contribution is 5.61. The quantitative estimate of drug-likeness (QED) is 0.704. The van der Waals surface area contributed by atoms with Crippen LogP contribution in [-0.4, -0.2) is 58.7 Å². The molecule has 1 saturated heterocycles. The van der Waals surface area contributed by atoms with Crippen molar-refractivity contribution in [2.45, 2.75) is 58.1 Å².